The predicted molar refractivity (Wildman–Crippen MR) is 103 cm³/mol. The molecule has 1 saturated carbocycles. The van der Waals surface area contributed by atoms with E-state index in [1.807, 2.05) is 0 Å². The van der Waals surface area contributed by atoms with E-state index in [1.165, 1.54) is 42.4 Å². The van der Waals surface area contributed by atoms with Crippen molar-refractivity contribution in [1.29, 1.82) is 0 Å². The fourth-order valence-electron chi connectivity index (χ4n) is 3.74. The number of rotatable bonds is 4. The first-order valence-corrected chi connectivity index (χ1v) is 9.40. The van der Waals surface area contributed by atoms with Gasteiger partial charge in [-0.25, -0.2) is 0 Å². The van der Waals surface area contributed by atoms with Crippen LogP contribution in [0.25, 0.3) is 0 Å². The molecule has 128 valence electrons. The van der Waals surface area contributed by atoms with E-state index in [1.54, 1.807) is 0 Å². The molecule has 1 nitrogen and oxygen atoms in total. The number of hydrogen-bond donors (Lipinski definition) is 1. The average Bonchev–Trinajstić information content (AvgIpc) is 2.61. The summed E-state index contributed by atoms with van der Waals surface area (Å²) in [5.41, 5.74) is 4.60. The van der Waals surface area contributed by atoms with E-state index >= 15 is 0 Å². The topological polar surface area (TPSA) is 12.0 Å². The van der Waals surface area contributed by atoms with Gasteiger partial charge in [0, 0.05) is 12.6 Å². The molecule has 3 rings (SSSR count). The number of benzene rings is 2. The normalized spacial score (nSPS) is 21.6. The molecular weight excluding hydrogens is 290 g/mol. The Morgan fingerprint density at radius 1 is 0.833 bits per heavy atom. The van der Waals surface area contributed by atoms with Crippen molar-refractivity contribution in [3.63, 3.8) is 0 Å². The van der Waals surface area contributed by atoms with E-state index in [0.29, 0.717) is 6.04 Å². The third kappa shape index (κ3) is 4.48. The van der Waals surface area contributed by atoms with Gasteiger partial charge in [0.15, 0.2) is 0 Å². The van der Waals surface area contributed by atoms with Crippen molar-refractivity contribution in [2.45, 2.75) is 70.4 Å². The lowest BCUT2D eigenvalue weighted by atomic mass is 9.80. The van der Waals surface area contributed by atoms with E-state index in [-0.39, 0.29) is 5.41 Å². The van der Waals surface area contributed by atoms with Crippen molar-refractivity contribution in [2.24, 2.45) is 0 Å². The molecule has 0 amide bonds. The van der Waals surface area contributed by atoms with E-state index in [9.17, 15) is 0 Å². The van der Waals surface area contributed by atoms with Gasteiger partial charge in [0.25, 0.3) is 0 Å². The third-order valence-corrected chi connectivity index (χ3v) is 5.41. The van der Waals surface area contributed by atoms with E-state index in [2.05, 4.69) is 80.7 Å². The predicted octanol–water partition coefficient (Wildman–Crippen LogP) is 5.80. The highest BCUT2D eigenvalue weighted by Crippen LogP contribution is 2.34. The van der Waals surface area contributed by atoms with Crippen molar-refractivity contribution >= 4 is 0 Å². The van der Waals surface area contributed by atoms with Crippen LogP contribution in [0.15, 0.2) is 54.6 Å². The standard InChI is InChI=1S/C23H31N/c1-23(2,3)21-13-9-19(10-14-21)20-11-15-22(16-12-20)24-17-18-7-5-4-6-8-18/h4-10,13-14,20,22,24H,11-12,15-17H2,1-3H3. The minimum Gasteiger partial charge on any atom is -0.310 e. The van der Waals surface area contributed by atoms with Gasteiger partial charge in [-0.2, -0.15) is 0 Å². The van der Waals surface area contributed by atoms with Crippen LogP contribution < -0.4 is 5.32 Å². The number of nitrogens with one attached hydrogen (secondary N) is 1. The molecule has 1 heteroatoms. The zero-order chi connectivity index (χ0) is 17.0. The Morgan fingerprint density at radius 2 is 1.46 bits per heavy atom. The second-order valence-corrected chi connectivity index (χ2v) is 8.29. The highest BCUT2D eigenvalue weighted by molar-refractivity contribution is 5.29. The Hall–Kier alpha value is -1.60. The molecule has 24 heavy (non-hydrogen) atoms. The summed E-state index contributed by atoms with van der Waals surface area (Å²) in [6.45, 7) is 7.85. The summed E-state index contributed by atoms with van der Waals surface area (Å²) in [4.78, 5) is 0. The van der Waals surface area contributed by atoms with Crippen molar-refractivity contribution in [3.8, 4) is 0 Å². The minimum absolute atomic E-state index is 0.248. The second kappa shape index (κ2) is 7.53. The molecule has 1 N–H and O–H groups in total. The molecule has 1 fully saturated rings. The molecule has 0 spiro atoms. The Kier molecular flexibility index (Phi) is 5.40. The van der Waals surface area contributed by atoms with Crippen LogP contribution in [-0.4, -0.2) is 6.04 Å². The lowest BCUT2D eigenvalue weighted by Crippen LogP contribution is -2.32. The highest BCUT2D eigenvalue weighted by Gasteiger charge is 2.22. The first kappa shape index (κ1) is 17.2. The Morgan fingerprint density at radius 3 is 2.04 bits per heavy atom. The fourth-order valence-corrected chi connectivity index (χ4v) is 3.74. The lowest BCUT2D eigenvalue weighted by molar-refractivity contribution is 0.341. The maximum absolute atomic E-state index is 3.74. The lowest BCUT2D eigenvalue weighted by Gasteiger charge is -2.30. The fraction of sp³-hybridized carbons (Fsp3) is 0.478. The molecule has 0 saturated heterocycles. The summed E-state index contributed by atoms with van der Waals surface area (Å²) in [5, 5.41) is 3.74. The van der Waals surface area contributed by atoms with Gasteiger partial charge in [0.2, 0.25) is 0 Å². The molecule has 0 atom stereocenters. The summed E-state index contributed by atoms with van der Waals surface area (Å²) in [7, 11) is 0. The molecule has 0 bridgehead atoms. The van der Waals surface area contributed by atoms with Gasteiger partial charge in [-0.15, -0.1) is 0 Å². The SMILES string of the molecule is CC(C)(C)c1ccc(C2CCC(NCc3ccccc3)CC2)cc1. The third-order valence-electron chi connectivity index (χ3n) is 5.41. The molecule has 0 radical (unpaired) electrons. The second-order valence-electron chi connectivity index (χ2n) is 8.29. The van der Waals surface area contributed by atoms with Crippen molar-refractivity contribution in [2.75, 3.05) is 0 Å². The summed E-state index contributed by atoms with van der Waals surface area (Å²) in [6.07, 6.45) is 5.19. The Labute approximate surface area is 147 Å². The molecule has 2 aromatic carbocycles. The van der Waals surface area contributed by atoms with Gasteiger partial charge in [-0.3, -0.25) is 0 Å². The largest absolute Gasteiger partial charge is 0.310 e. The molecular formula is C23H31N. The highest BCUT2D eigenvalue weighted by atomic mass is 14.9. The maximum Gasteiger partial charge on any atom is 0.0208 e. The molecule has 0 heterocycles. The Bertz CT molecular complexity index is 613. The van der Waals surface area contributed by atoms with Crippen LogP contribution in [0.3, 0.4) is 0 Å². The van der Waals surface area contributed by atoms with Crippen molar-refractivity contribution in [3.05, 3.63) is 71.3 Å². The zero-order valence-electron chi connectivity index (χ0n) is 15.4. The summed E-state index contributed by atoms with van der Waals surface area (Å²) in [5.74, 6) is 0.744. The minimum atomic E-state index is 0.248. The first-order chi connectivity index (χ1) is 11.5. The van der Waals surface area contributed by atoms with Crippen LogP contribution >= 0.6 is 0 Å². The molecule has 0 aliphatic heterocycles. The van der Waals surface area contributed by atoms with Gasteiger partial charge in [-0.05, 0) is 53.7 Å². The van der Waals surface area contributed by atoms with Crippen molar-refractivity contribution in [1.82, 2.24) is 5.32 Å². The smallest absolute Gasteiger partial charge is 0.0208 e. The molecule has 0 aromatic heterocycles. The van der Waals surface area contributed by atoms with E-state index in [0.717, 1.165) is 12.5 Å². The monoisotopic (exact) mass is 321 g/mol. The van der Waals surface area contributed by atoms with Gasteiger partial charge in [-0.1, -0.05) is 75.4 Å². The number of hydrogen-bond acceptors (Lipinski definition) is 1. The van der Waals surface area contributed by atoms with E-state index < -0.39 is 0 Å². The van der Waals surface area contributed by atoms with Crippen LogP contribution in [0.1, 0.15) is 69.1 Å². The van der Waals surface area contributed by atoms with Crippen LogP contribution in [-0.2, 0) is 12.0 Å². The molecule has 2 aromatic rings. The quantitative estimate of drug-likeness (QED) is 0.750. The maximum atomic E-state index is 3.74. The van der Waals surface area contributed by atoms with Crippen LogP contribution in [0, 0.1) is 0 Å². The average molecular weight is 322 g/mol. The summed E-state index contributed by atoms with van der Waals surface area (Å²) in [6, 6.07) is 20.8. The zero-order valence-corrected chi connectivity index (χ0v) is 15.4. The van der Waals surface area contributed by atoms with Gasteiger partial charge in [0.05, 0.1) is 0 Å². The van der Waals surface area contributed by atoms with Gasteiger partial charge >= 0.3 is 0 Å². The summed E-state index contributed by atoms with van der Waals surface area (Å²) < 4.78 is 0. The Balaban J connectivity index is 1.50. The first-order valence-electron chi connectivity index (χ1n) is 9.40. The molecule has 1 aliphatic rings. The van der Waals surface area contributed by atoms with E-state index in [4.69, 9.17) is 0 Å². The molecule has 0 unspecified atom stereocenters. The molecule has 1 aliphatic carbocycles. The summed E-state index contributed by atoms with van der Waals surface area (Å²) >= 11 is 0. The van der Waals surface area contributed by atoms with Gasteiger partial charge in [0.1, 0.15) is 0 Å². The van der Waals surface area contributed by atoms with Crippen LogP contribution in [0.4, 0.5) is 0 Å². The van der Waals surface area contributed by atoms with Crippen LogP contribution in [0.2, 0.25) is 0 Å². The van der Waals surface area contributed by atoms with Gasteiger partial charge < -0.3 is 5.32 Å². The van der Waals surface area contributed by atoms with Crippen molar-refractivity contribution < 1.29 is 0 Å². The van der Waals surface area contributed by atoms with Crippen LogP contribution in [0.5, 0.6) is 0 Å².